The summed E-state index contributed by atoms with van der Waals surface area (Å²) in [6.45, 7) is 0. The quantitative estimate of drug-likeness (QED) is 0.906. The zero-order valence-corrected chi connectivity index (χ0v) is 14.1. The van der Waals surface area contributed by atoms with Gasteiger partial charge in [0.15, 0.2) is 9.84 Å². The fourth-order valence-electron chi connectivity index (χ4n) is 2.41. The molecule has 1 fully saturated rings. The summed E-state index contributed by atoms with van der Waals surface area (Å²) in [4.78, 5) is 16.5. The van der Waals surface area contributed by atoms with Crippen LogP contribution in [0.2, 0.25) is 0 Å². The van der Waals surface area contributed by atoms with Crippen LogP contribution in [-0.4, -0.2) is 44.0 Å². The number of hydrogen-bond acceptors (Lipinski definition) is 6. The van der Waals surface area contributed by atoms with Gasteiger partial charge in [-0.1, -0.05) is 0 Å². The predicted octanol–water partition coefficient (Wildman–Crippen LogP) is 1.74. The van der Waals surface area contributed by atoms with Crippen molar-refractivity contribution in [3.63, 3.8) is 0 Å². The van der Waals surface area contributed by atoms with Crippen molar-refractivity contribution in [1.29, 1.82) is 0 Å². The minimum absolute atomic E-state index is 0.00815. The molecule has 1 unspecified atom stereocenters. The molecule has 1 atom stereocenters. The van der Waals surface area contributed by atoms with Gasteiger partial charge in [-0.2, -0.15) is 0 Å². The third kappa shape index (κ3) is 3.70. The molecule has 2 aromatic rings. The number of sulfone groups is 1. The van der Waals surface area contributed by atoms with Gasteiger partial charge in [-0.15, -0.1) is 11.3 Å². The summed E-state index contributed by atoms with van der Waals surface area (Å²) in [6, 6.07) is 7.10. The van der Waals surface area contributed by atoms with Gasteiger partial charge in [0.2, 0.25) is 0 Å². The van der Waals surface area contributed by atoms with Crippen molar-refractivity contribution in [3.05, 3.63) is 35.3 Å². The number of nitrogens with one attached hydrogen (secondary N) is 1. The number of amides is 1. The van der Waals surface area contributed by atoms with E-state index in [-0.39, 0.29) is 23.5 Å². The van der Waals surface area contributed by atoms with Crippen LogP contribution in [0.3, 0.4) is 0 Å². The minimum Gasteiger partial charge on any atom is -0.497 e. The van der Waals surface area contributed by atoms with Crippen molar-refractivity contribution in [3.8, 4) is 16.3 Å². The topological polar surface area (TPSA) is 85.4 Å². The van der Waals surface area contributed by atoms with Crippen molar-refractivity contribution in [2.45, 2.75) is 12.5 Å². The van der Waals surface area contributed by atoms with E-state index in [2.05, 4.69) is 10.3 Å². The van der Waals surface area contributed by atoms with E-state index >= 15 is 0 Å². The second-order valence-corrected chi connectivity index (χ2v) is 8.43. The number of thiazole rings is 1. The van der Waals surface area contributed by atoms with Gasteiger partial charge in [-0.05, 0) is 30.7 Å². The maximum Gasteiger partial charge on any atom is 0.271 e. The molecule has 1 amide bonds. The number of ether oxygens (including phenoxy) is 1. The van der Waals surface area contributed by atoms with E-state index in [0.717, 1.165) is 16.3 Å². The number of rotatable bonds is 4. The summed E-state index contributed by atoms with van der Waals surface area (Å²) in [6.07, 6.45) is 0.462. The van der Waals surface area contributed by atoms with E-state index < -0.39 is 9.84 Å². The highest BCUT2D eigenvalue weighted by Crippen LogP contribution is 2.25. The van der Waals surface area contributed by atoms with Crippen molar-refractivity contribution >= 4 is 27.1 Å². The Hall–Kier alpha value is -1.93. The van der Waals surface area contributed by atoms with Gasteiger partial charge in [0.05, 0.1) is 18.6 Å². The van der Waals surface area contributed by atoms with Crippen molar-refractivity contribution < 1.29 is 17.9 Å². The fourth-order valence-corrected chi connectivity index (χ4v) is 4.89. The van der Waals surface area contributed by atoms with E-state index in [1.54, 1.807) is 12.5 Å². The summed E-state index contributed by atoms with van der Waals surface area (Å²) in [5.74, 6) is 0.564. The zero-order valence-electron chi connectivity index (χ0n) is 12.5. The Morgan fingerprint density at radius 1 is 1.35 bits per heavy atom. The maximum absolute atomic E-state index is 12.2. The molecule has 0 spiro atoms. The largest absolute Gasteiger partial charge is 0.497 e. The highest BCUT2D eigenvalue weighted by atomic mass is 32.2. The first-order chi connectivity index (χ1) is 11.0. The zero-order chi connectivity index (χ0) is 16.4. The Morgan fingerprint density at radius 2 is 2.09 bits per heavy atom. The lowest BCUT2D eigenvalue weighted by Gasteiger charge is -2.08. The monoisotopic (exact) mass is 352 g/mol. The Balaban J connectivity index is 1.69. The third-order valence-electron chi connectivity index (χ3n) is 3.64. The standard InChI is InChI=1S/C15H16N2O4S2/c1-21-12-4-2-10(3-5-12)15-17-13(8-22-15)14(18)16-11-6-7-23(19,20)9-11/h2-5,8,11H,6-7,9H2,1H3,(H,16,18). The first-order valence-corrected chi connectivity index (χ1v) is 9.78. The summed E-state index contributed by atoms with van der Waals surface area (Å²) in [5, 5.41) is 5.15. The van der Waals surface area contributed by atoms with E-state index in [4.69, 9.17) is 4.74 Å². The lowest BCUT2D eigenvalue weighted by Crippen LogP contribution is -2.35. The number of benzene rings is 1. The molecule has 1 N–H and O–H groups in total. The molecule has 1 saturated heterocycles. The van der Waals surface area contributed by atoms with Crippen LogP contribution in [-0.2, 0) is 9.84 Å². The summed E-state index contributed by atoms with van der Waals surface area (Å²) in [7, 11) is -1.41. The van der Waals surface area contributed by atoms with Gasteiger partial charge in [-0.25, -0.2) is 13.4 Å². The van der Waals surface area contributed by atoms with Crippen molar-refractivity contribution in [2.75, 3.05) is 18.6 Å². The van der Waals surface area contributed by atoms with Gasteiger partial charge >= 0.3 is 0 Å². The average Bonchev–Trinajstić information content (AvgIpc) is 3.14. The number of nitrogens with zero attached hydrogens (tertiary/aromatic N) is 1. The summed E-state index contributed by atoms with van der Waals surface area (Å²) in [5.41, 5.74) is 1.21. The number of carbonyl (C=O) groups excluding carboxylic acids is 1. The van der Waals surface area contributed by atoms with Crippen LogP contribution in [0.4, 0.5) is 0 Å². The van der Waals surface area contributed by atoms with Crippen LogP contribution in [0.15, 0.2) is 29.6 Å². The fraction of sp³-hybridized carbons (Fsp3) is 0.333. The molecule has 2 heterocycles. The predicted molar refractivity (Wildman–Crippen MR) is 88.6 cm³/mol. The molecule has 0 radical (unpaired) electrons. The maximum atomic E-state index is 12.2. The third-order valence-corrected chi connectivity index (χ3v) is 6.30. The Labute approximate surface area is 138 Å². The van der Waals surface area contributed by atoms with Crippen LogP contribution < -0.4 is 10.1 Å². The molecule has 0 bridgehead atoms. The second kappa shape index (κ2) is 6.29. The first kappa shape index (κ1) is 15.9. The van der Waals surface area contributed by atoms with Gasteiger partial charge in [0.1, 0.15) is 16.5 Å². The molecule has 1 aliphatic rings. The van der Waals surface area contributed by atoms with Gasteiger partial charge in [0.25, 0.3) is 5.91 Å². The van der Waals surface area contributed by atoms with Crippen LogP contribution in [0.5, 0.6) is 5.75 Å². The molecule has 6 nitrogen and oxygen atoms in total. The number of methoxy groups -OCH3 is 1. The van der Waals surface area contributed by atoms with Gasteiger partial charge < -0.3 is 10.1 Å². The lowest BCUT2D eigenvalue weighted by molar-refractivity contribution is 0.0937. The van der Waals surface area contributed by atoms with E-state index in [1.165, 1.54) is 11.3 Å². The molecule has 1 aliphatic heterocycles. The molecular weight excluding hydrogens is 336 g/mol. The smallest absolute Gasteiger partial charge is 0.271 e. The number of hydrogen-bond donors (Lipinski definition) is 1. The number of aromatic nitrogens is 1. The van der Waals surface area contributed by atoms with Crippen LogP contribution >= 0.6 is 11.3 Å². The van der Waals surface area contributed by atoms with E-state index in [1.807, 2.05) is 24.3 Å². The van der Waals surface area contributed by atoms with Crippen LogP contribution in [0.1, 0.15) is 16.9 Å². The first-order valence-electron chi connectivity index (χ1n) is 7.08. The summed E-state index contributed by atoms with van der Waals surface area (Å²) >= 11 is 1.37. The van der Waals surface area contributed by atoms with Crippen molar-refractivity contribution in [2.24, 2.45) is 0 Å². The molecule has 1 aromatic carbocycles. The molecule has 122 valence electrons. The molecule has 23 heavy (non-hydrogen) atoms. The number of carbonyl (C=O) groups is 1. The molecule has 0 saturated carbocycles. The normalized spacial score (nSPS) is 19.4. The van der Waals surface area contributed by atoms with Gasteiger partial charge in [0, 0.05) is 17.0 Å². The second-order valence-electron chi connectivity index (χ2n) is 5.34. The molecule has 3 rings (SSSR count). The van der Waals surface area contributed by atoms with Gasteiger partial charge in [-0.3, -0.25) is 4.79 Å². The van der Waals surface area contributed by atoms with Crippen molar-refractivity contribution in [1.82, 2.24) is 10.3 Å². The van der Waals surface area contributed by atoms with E-state index in [9.17, 15) is 13.2 Å². The Bertz CT molecular complexity index is 812. The molecular formula is C15H16N2O4S2. The Morgan fingerprint density at radius 3 is 2.70 bits per heavy atom. The SMILES string of the molecule is COc1ccc(-c2nc(C(=O)NC3CCS(=O)(=O)C3)cs2)cc1. The molecule has 1 aromatic heterocycles. The van der Waals surface area contributed by atoms with E-state index in [0.29, 0.717) is 12.1 Å². The van der Waals surface area contributed by atoms with Crippen LogP contribution in [0, 0.1) is 0 Å². The lowest BCUT2D eigenvalue weighted by atomic mass is 10.2. The molecule has 8 heteroatoms. The Kier molecular flexibility index (Phi) is 4.36. The average molecular weight is 352 g/mol. The summed E-state index contributed by atoms with van der Waals surface area (Å²) < 4.78 is 28.0. The molecule has 0 aliphatic carbocycles. The highest BCUT2D eigenvalue weighted by molar-refractivity contribution is 7.91. The highest BCUT2D eigenvalue weighted by Gasteiger charge is 2.29. The van der Waals surface area contributed by atoms with Crippen LogP contribution in [0.25, 0.3) is 10.6 Å². The minimum atomic E-state index is -3.01.